The average molecular weight is 269 g/mol. The van der Waals surface area contributed by atoms with Crippen molar-refractivity contribution in [3.8, 4) is 0 Å². The number of aliphatic hydroxyl groups excluding tert-OH is 1. The number of carbonyl (C=O) groups is 1. The molecule has 18 heavy (non-hydrogen) atoms. The van der Waals surface area contributed by atoms with Gasteiger partial charge in [0.25, 0.3) is 5.91 Å². The molecule has 98 valence electrons. The zero-order valence-electron chi connectivity index (χ0n) is 10.4. The minimum absolute atomic E-state index is 0.0432. The van der Waals surface area contributed by atoms with Crippen LogP contribution in [0.1, 0.15) is 30.6 Å². The fourth-order valence-corrected chi connectivity index (χ4v) is 2.29. The van der Waals surface area contributed by atoms with Crippen LogP contribution < -0.4 is 11.1 Å². The molecule has 4 N–H and O–H groups in total. The molecule has 1 saturated carbocycles. The third-order valence-corrected chi connectivity index (χ3v) is 4.15. The average Bonchev–Trinajstić information content (AvgIpc) is 2.32. The van der Waals surface area contributed by atoms with Crippen molar-refractivity contribution in [1.29, 1.82) is 0 Å². The summed E-state index contributed by atoms with van der Waals surface area (Å²) in [6.07, 6.45) is 0.193. The van der Waals surface area contributed by atoms with Crippen molar-refractivity contribution in [2.45, 2.75) is 32.4 Å². The van der Waals surface area contributed by atoms with Gasteiger partial charge in [0, 0.05) is 11.5 Å². The van der Waals surface area contributed by atoms with Gasteiger partial charge in [-0.2, -0.15) is 0 Å². The highest BCUT2D eigenvalue weighted by molar-refractivity contribution is 6.33. The molecule has 2 rings (SSSR count). The number of nitrogen functional groups attached to an aromatic ring is 1. The number of rotatable bonds is 2. The molecule has 1 aromatic carbocycles. The van der Waals surface area contributed by atoms with E-state index >= 15 is 0 Å². The van der Waals surface area contributed by atoms with Crippen molar-refractivity contribution < 1.29 is 9.90 Å². The van der Waals surface area contributed by atoms with Crippen LogP contribution in [0.25, 0.3) is 0 Å². The van der Waals surface area contributed by atoms with Crippen LogP contribution >= 0.6 is 11.6 Å². The van der Waals surface area contributed by atoms with Gasteiger partial charge in [-0.25, -0.2) is 0 Å². The molecule has 5 heteroatoms. The van der Waals surface area contributed by atoms with Crippen molar-refractivity contribution in [3.05, 3.63) is 28.8 Å². The third kappa shape index (κ3) is 2.06. The van der Waals surface area contributed by atoms with Gasteiger partial charge in [0.1, 0.15) is 0 Å². The first-order valence-electron chi connectivity index (χ1n) is 5.87. The second-order valence-electron chi connectivity index (χ2n) is 5.30. The van der Waals surface area contributed by atoms with E-state index in [2.05, 4.69) is 5.32 Å². The highest BCUT2D eigenvalue weighted by Crippen LogP contribution is 2.40. The minimum Gasteiger partial charge on any atom is -0.397 e. The first-order valence-corrected chi connectivity index (χ1v) is 6.24. The molecule has 0 aromatic heterocycles. The van der Waals surface area contributed by atoms with E-state index < -0.39 is 0 Å². The smallest absolute Gasteiger partial charge is 0.253 e. The largest absolute Gasteiger partial charge is 0.397 e. The highest BCUT2D eigenvalue weighted by atomic mass is 35.5. The summed E-state index contributed by atoms with van der Waals surface area (Å²) in [5.74, 6) is -0.250. The van der Waals surface area contributed by atoms with Crippen molar-refractivity contribution in [1.82, 2.24) is 5.32 Å². The lowest BCUT2D eigenvalue weighted by Crippen LogP contribution is -2.61. The van der Waals surface area contributed by atoms with Crippen molar-refractivity contribution in [2.24, 2.45) is 5.41 Å². The zero-order chi connectivity index (χ0) is 13.5. The van der Waals surface area contributed by atoms with E-state index in [0.29, 0.717) is 17.0 Å². The summed E-state index contributed by atoms with van der Waals surface area (Å²) in [4.78, 5) is 12.1. The lowest BCUT2D eigenvalue weighted by atomic mass is 9.64. The maximum Gasteiger partial charge on any atom is 0.253 e. The minimum atomic E-state index is -0.375. The summed E-state index contributed by atoms with van der Waals surface area (Å²) in [7, 11) is 0. The number of nitrogens with one attached hydrogen (secondary N) is 1. The van der Waals surface area contributed by atoms with Gasteiger partial charge in [-0.15, -0.1) is 0 Å². The standard InChI is InChI=1S/C13H17ClN2O2/c1-13(2)9(6-10(13)17)16-12(18)7-4-3-5-8(14)11(7)15/h3-5,9-10,17H,6,15H2,1-2H3,(H,16,18). The topological polar surface area (TPSA) is 75.3 Å². The lowest BCUT2D eigenvalue weighted by Gasteiger charge is -2.49. The summed E-state index contributed by atoms with van der Waals surface area (Å²) in [6, 6.07) is 4.93. The Morgan fingerprint density at radius 1 is 1.56 bits per heavy atom. The van der Waals surface area contributed by atoms with Gasteiger partial charge in [-0.3, -0.25) is 4.79 Å². The van der Waals surface area contributed by atoms with Gasteiger partial charge in [0.15, 0.2) is 0 Å². The van der Waals surface area contributed by atoms with Crippen LogP contribution in [-0.2, 0) is 0 Å². The Bertz CT molecular complexity index is 488. The molecule has 0 heterocycles. The Hall–Kier alpha value is -1.26. The SMILES string of the molecule is CC1(C)C(O)CC1NC(=O)c1cccc(Cl)c1N. The number of para-hydroxylation sites is 1. The molecular formula is C13H17ClN2O2. The van der Waals surface area contributed by atoms with E-state index in [1.54, 1.807) is 18.2 Å². The fourth-order valence-electron chi connectivity index (χ4n) is 2.12. The number of hydrogen-bond donors (Lipinski definition) is 3. The molecule has 0 bridgehead atoms. The summed E-state index contributed by atoms with van der Waals surface area (Å²) >= 11 is 5.88. The molecule has 4 nitrogen and oxygen atoms in total. The number of benzene rings is 1. The summed E-state index contributed by atoms with van der Waals surface area (Å²) in [6.45, 7) is 3.85. The molecule has 1 aliphatic carbocycles. The molecular weight excluding hydrogens is 252 g/mol. The number of amides is 1. The van der Waals surface area contributed by atoms with Gasteiger partial charge < -0.3 is 16.2 Å². The van der Waals surface area contributed by atoms with E-state index in [9.17, 15) is 9.90 Å². The van der Waals surface area contributed by atoms with Crippen LogP contribution in [0.15, 0.2) is 18.2 Å². The maximum atomic E-state index is 12.1. The third-order valence-electron chi connectivity index (χ3n) is 3.82. The zero-order valence-corrected chi connectivity index (χ0v) is 11.2. The Kier molecular flexibility index (Phi) is 3.25. The number of aliphatic hydroxyl groups is 1. The van der Waals surface area contributed by atoms with Crippen molar-refractivity contribution in [3.63, 3.8) is 0 Å². The van der Waals surface area contributed by atoms with Crippen molar-refractivity contribution >= 4 is 23.2 Å². The van der Waals surface area contributed by atoms with Gasteiger partial charge >= 0.3 is 0 Å². The number of anilines is 1. The molecule has 0 aliphatic heterocycles. The molecule has 0 spiro atoms. The Labute approximate surface area is 111 Å². The predicted octanol–water partition coefficient (Wildman–Crippen LogP) is 1.81. The fraction of sp³-hybridized carbons (Fsp3) is 0.462. The molecule has 0 radical (unpaired) electrons. The first-order chi connectivity index (χ1) is 8.34. The van der Waals surface area contributed by atoms with E-state index in [0.717, 1.165) is 0 Å². The maximum absolute atomic E-state index is 12.1. The molecule has 0 saturated heterocycles. The van der Waals surface area contributed by atoms with Crippen LogP contribution in [0.2, 0.25) is 5.02 Å². The van der Waals surface area contributed by atoms with E-state index in [-0.39, 0.29) is 29.2 Å². The van der Waals surface area contributed by atoms with Gasteiger partial charge in [0.2, 0.25) is 0 Å². The predicted molar refractivity (Wildman–Crippen MR) is 71.5 cm³/mol. The second kappa shape index (κ2) is 4.44. The Balaban J connectivity index is 2.12. The Morgan fingerprint density at radius 3 is 2.78 bits per heavy atom. The summed E-state index contributed by atoms with van der Waals surface area (Å²) in [5, 5.41) is 12.9. The number of nitrogens with two attached hydrogens (primary N) is 1. The number of carbonyl (C=O) groups excluding carboxylic acids is 1. The molecule has 2 atom stereocenters. The second-order valence-corrected chi connectivity index (χ2v) is 5.71. The van der Waals surface area contributed by atoms with Crippen LogP contribution in [0.4, 0.5) is 5.69 Å². The molecule has 1 aromatic rings. The van der Waals surface area contributed by atoms with Crippen LogP contribution in [0, 0.1) is 5.41 Å². The monoisotopic (exact) mass is 268 g/mol. The molecule has 1 aliphatic rings. The van der Waals surface area contributed by atoms with E-state index in [1.165, 1.54) is 0 Å². The van der Waals surface area contributed by atoms with Crippen LogP contribution in [-0.4, -0.2) is 23.2 Å². The van der Waals surface area contributed by atoms with E-state index in [4.69, 9.17) is 17.3 Å². The highest BCUT2D eigenvalue weighted by Gasteiger charge is 2.48. The summed E-state index contributed by atoms with van der Waals surface area (Å²) < 4.78 is 0. The number of halogens is 1. The van der Waals surface area contributed by atoms with Crippen LogP contribution in [0.3, 0.4) is 0 Å². The normalized spacial score (nSPS) is 25.3. The number of hydrogen-bond acceptors (Lipinski definition) is 3. The van der Waals surface area contributed by atoms with Gasteiger partial charge in [0.05, 0.1) is 22.4 Å². The first kappa shape index (κ1) is 13.2. The van der Waals surface area contributed by atoms with Gasteiger partial charge in [-0.1, -0.05) is 31.5 Å². The Morgan fingerprint density at radius 2 is 2.22 bits per heavy atom. The summed E-state index contributed by atoms with van der Waals surface area (Å²) in [5.41, 5.74) is 6.13. The van der Waals surface area contributed by atoms with E-state index in [1.807, 2.05) is 13.8 Å². The van der Waals surface area contributed by atoms with Crippen molar-refractivity contribution in [2.75, 3.05) is 5.73 Å². The lowest BCUT2D eigenvalue weighted by molar-refractivity contribution is -0.0689. The molecule has 2 unspecified atom stereocenters. The van der Waals surface area contributed by atoms with Gasteiger partial charge in [-0.05, 0) is 18.6 Å². The quantitative estimate of drug-likeness (QED) is 0.716. The molecule has 1 fully saturated rings. The van der Waals surface area contributed by atoms with Crippen LogP contribution in [0.5, 0.6) is 0 Å². The molecule has 1 amide bonds.